The van der Waals surface area contributed by atoms with Gasteiger partial charge in [-0.1, -0.05) is 6.92 Å². The van der Waals surface area contributed by atoms with E-state index >= 15 is 0 Å². The van der Waals surface area contributed by atoms with E-state index in [1.54, 1.807) is 6.92 Å². The molecule has 1 amide bonds. The van der Waals surface area contributed by atoms with Crippen molar-refractivity contribution in [2.75, 3.05) is 11.2 Å². The van der Waals surface area contributed by atoms with E-state index in [1.165, 1.54) is 0 Å². The lowest BCUT2D eigenvalue weighted by molar-refractivity contribution is -0.143. The molecule has 1 aliphatic rings. The van der Waals surface area contributed by atoms with Crippen LogP contribution in [0, 0.1) is 0 Å². The third-order valence-electron chi connectivity index (χ3n) is 7.93. The Hall–Kier alpha value is -3.94. The highest BCUT2D eigenvalue weighted by molar-refractivity contribution is 7.91. The molecule has 3 aromatic rings. The molecule has 1 aliphatic heterocycles. The number of aromatic nitrogens is 4. The summed E-state index contributed by atoms with van der Waals surface area (Å²) in [5, 5.41) is 20.2. The second-order valence-electron chi connectivity index (χ2n) is 11.2. The molecule has 1 aromatic heterocycles. The first-order valence-corrected chi connectivity index (χ1v) is 15.7. The van der Waals surface area contributed by atoms with Gasteiger partial charge < -0.3 is 10.8 Å². The molecule has 0 bridgehead atoms. The number of hydrogen-bond donors (Lipinski definition) is 2. The van der Waals surface area contributed by atoms with Crippen LogP contribution < -0.4 is 10.6 Å². The summed E-state index contributed by atoms with van der Waals surface area (Å²) in [5.74, 6) is -1.28. The number of nitrogens with two attached hydrogens (primary N) is 1. The fraction of sp³-hybridized carbons (Fsp3) is 0.481. The molecule has 0 saturated heterocycles. The quantitative estimate of drug-likeness (QED) is 0.278. The largest absolute Gasteiger partial charge is 0.465 e. The third-order valence-corrected chi connectivity index (χ3v) is 9.54. The second kappa shape index (κ2) is 12.3. The predicted octanol–water partition coefficient (Wildman–Crippen LogP) is 5.86. The Kier molecular flexibility index (Phi) is 9.36. The topological polar surface area (TPSA) is 144 Å². The summed E-state index contributed by atoms with van der Waals surface area (Å²) in [5.41, 5.74) is -0.284. The van der Waals surface area contributed by atoms with E-state index < -0.39 is 86.4 Å². The summed E-state index contributed by atoms with van der Waals surface area (Å²) in [6, 6.07) is 3.20. The maximum absolute atomic E-state index is 13.6. The Balaban J connectivity index is 1.66. The van der Waals surface area contributed by atoms with Crippen molar-refractivity contribution in [2.24, 2.45) is 5.73 Å². The number of anilines is 1. The van der Waals surface area contributed by atoms with Crippen molar-refractivity contribution in [1.82, 2.24) is 20.2 Å². The van der Waals surface area contributed by atoms with Crippen molar-refractivity contribution in [3.63, 3.8) is 0 Å². The molecule has 20 heteroatoms. The van der Waals surface area contributed by atoms with Gasteiger partial charge in [0.25, 0.3) is 0 Å². The zero-order valence-corrected chi connectivity index (χ0v) is 25.3. The van der Waals surface area contributed by atoms with Crippen LogP contribution in [-0.2, 0) is 41.3 Å². The van der Waals surface area contributed by atoms with Crippen molar-refractivity contribution in [3.8, 4) is 0 Å². The van der Waals surface area contributed by atoms with Crippen molar-refractivity contribution in [3.05, 3.63) is 70.0 Å². The predicted molar refractivity (Wildman–Crippen MR) is 147 cm³/mol. The van der Waals surface area contributed by atoms with Crippen molar-refractivity contribution >= 4 is 21.6 Å². The summed E-state index contributed by atoms with van der Waals surface area (Å²) < 4.78 is 146. The third kappa shape index (κ3) is 7.79. The molecule has 0 fully saturated rings. The average molecular weight is 703 g/mol. The number of amides is 1. The van der Waals surface area contributed by atoms with Crippen LogP contribution >= 0.6 is 0 Å². The molecule has 0 aliphatic carbocycles. The van der Waals surface area contributed by atoms with Gasteiger partial charge in [-0.15, -0.1) is 10.2 Å². The fourth-order valence-electron chi connectivity index (χ4n) is 5.45. The molecule has 2 heterocycles. The summed E-state index contributed by atoms with van der Waals surface area (Å²) in [6.45, 7) is 1.21. The normalized spacial score (nSPS) is 19.8. The summed E-state index contributed by atoms with van der Waals surface area (Å²) in [6.07, 6.45) is -17.2. The van der Waals surface area contributed by atoms with Crippen LogP contribution in [0.2, 0.25) is 0 Å². The van der Waals surface area contributed by atoms with Crippen LogP contribution in [0.5, 0.6) is 0 Å². The number of carbonyl (C=O) groups is 1. The molecule has 4 rings (SSSR count). The number of benzene rings is 2. The van der Waals surface area contributed by atoms with Gasteiger partial charge in [0, 0.05) is 6.26 Å². The lowest BCUT2D eigenvalue weighted by Crippen LogP contribution is -2.61. The smallest absolute Gasteiger partial charge is 0.416 e. The molecule has 47 heavy (non-hydrogen) atoms. The van der Waals surface area contributed by atoms with Gasteiger partial charge in [-0.05, 0) is 78.4 Å². The van der Waals surface area contributed by atoms with Crippen molar-refractivity contribution in [2.45, 2.75) is 74.5 Å². The maximum atomic E-state index is 13.6. The van der Waals surface area contributed by atoms with Crippen molar-refractivity contribution < 1.29 is 57.8 Å². The van der Waals surface area contributed by atoms with Gasteiger partial charge in [0.1, 0.15) is 5.66 Å². The summed E-state index contributed by atoms with van der Waals surface area (Å²) in [4.78, 5) is 13.8. The Bertz CT molecular complexity index is 1730. The van der Waals surface area contributed by atoms with E-state index in [1.807, 2.05) is 0 Å². The van der Waals surface area contributed by atoms with Crippen LogP contribution in [-0.4, -0.2) is 57.0 Å². The first-order chi connectivity index (χ1) is 21.4. The standard InChI is InChI=1S/C27H27F9N6O4S/c1-3-24(37)13-20(19-12-15(25(28,29)30)4-5-21(19)42(24)23(43)44)22-38-40-41(39-22)7-6-18(47(2,45)46)10-14-8-16(26(31,32)33)11-17(9-14)27(34,35)36/h4-5,8-9,11-12,18,20H,3,6-7,10,13,37H2,1-2H3,(H,43,44)/t18?,20-,24+/m0/s1. The minimum atomic E-state index is -5.14. The van der Waals surface area contributed by atoms with Crippen LogP contribution in [0.3, 0.4) is 0 Å². The van der Waals surface area contributed by atoms with Gasteiger partial charge in [0.2, 0.25) is 0 Å². The van der Waals surface area contributed by atoms with Crippen LogP contribution in [0.4, 0.5) is 50.0 Å². The fourth-order valence-corrected chi connectivity index (χ4v) is 6.48. The van der Waals surface area contributed by atoms with Crippen LogP contribution in [0.1, 0.15) is 65.7 Å². The zero-order chi connectivity index (χ0) is 35.3. The van der Waals surface area contributed by atoms with Gasteiger partial charge >= 0.3 is 24.6 Å². The highest BCUT2D eigenvalue weighted by atomic mass is 32.2. The first-order valence-electron chi connectivity index (χ1n) is 13.7. The lowest BCUT2D eigenvalue weighted by atomic mass is 9.80. The monoisotopic (exact) mass is 702 g/mol. The number of hydrogen-bond acceptors (Lipinski definition) is 7. The lowest BCUT2D eigenvalue weighted by Gasteiger charge is -2.45. The molecule has 0 radical (unpaired) electrons. The molecular formula is C27H27F9N6O4S. The van der Waals surface area contributed by atoms with Gasteiger partial charge in [-0.3, -0.25) is 4.90 Å². The number of alkyl halides is 9. The van der Waals surface area contributed by atoms with Gasteiger partial charge in [0.15, 0.2) is 15.7 Å². The molecule has 2 aromatic carbocycles. The summed E-state index contributed by atoms with van der Waals surface area (Å²) in [7, 11) is -4.07. The Morgan fingerprint density at radius 2 is 1.57 bits per heavy atom. The number of halogens is 9. The molecule has 1 unspecified atom stereocenters. The van der Waals surface area contributed by atoms with E-state index in [9.17, 15) is 57.8 Å². The summed E-state index contributed by atoms with van der Waals surface area (Å²) >= 11 is 0. The second-order valence-corrected chi connectivity index (χ2v) is 13.5. The highest BCUT2D eigenvalue weighted by Gasteiger charge is 2.47. The first kappa shape index (κ1) is 35.9. The number of fused-ring (bicyclic) bond motifs is 1. The molecule has 3 atom stereocenters. The van der Waals surface area contributed by atoms with E-state index in [-0.39, 0.29) is 42.5 Å². The highest BCUT2D eigenvalue weighted by Crippen LogP contribution is 2.47. The zero-order valence-electron chi connectivity index (χ0n) is 24.4. The number of nitrogens with zero attached hydrogens (tertiary/aromatic N) is 5. The van der Waals surface area contributed by atoms with Crippen LogP contribution in [0.15, 0.2) is 36.4 Å². The van der Waals surface area contributed by atoms with E-state index in [4.69, 9.17) is 5.73 Å². The minimum Gasteiger partial charge on any atom is -0.465 e. The molecule has 3 N–H and O–H groups in total. The Morgan fingerprint density at radius 1 is 1.00 bits per heavy atom. The number of sulfone groups is 1. The Labute approximate surface area is 261 Å². The number of rotatable bonds is 8. The van der Waals surface area contributed by atoms with Crippen molar-refractivity contribution in [1.29, 1.82) is 0 Å². The number of aryl methyl sites for hydroxylation is 1. The minimum absolute atomic E-state index is 0.0338. The molecular weight excluding hydrogens is 675 g/mol. The van der Waals surface area contributed by atoms with Crippen LogP contribution in [0.25, 0.3) is 0 Å². The Morgan fingerprint density at radius 3 is 2.06 bits per heavy atom. The van der Waals surface area contributed by atoms with Gasteiger partial charge in [-0.25, -0.2) is 13.2 Å². The number of carboxylic acid groups (broad SMARTS) is 1. The van der Waals surface area contributed by atoms with E-state index in [2.05, 4.69) is 15.4 Å². The SMILES string of the molecule is CC[C@]1(N)C[C@H](c2nnn(CCC(Cc3cc(C(F)(F)F)cc(C(F)(F)F)c3)S(C)(=O)=O)n2)c2cc(C(F)(F)F)ccc2N1C(=O)O. The van der Waals surface area contributed by atoms with E-state index in [0.29, 0.717) is 18.2 Å². The average Bonchev–Trinajstić information content (AvgIpc) is 3.41. The molecule has 258 valence electrons. The molecule has 0 spiro atoms. The number of tetrazole rings is 1. The van der Waals surface area contributed by atoms with Gasteiger partial charge in [-0.2, -0.15) is 44.3 Å². The van der Waals surface area contributed by atoms with E-state index in [0.717, 1.165) is 28.1 Å². The molecule has 0 saturated carbocycles. The van der Waals surface area contributed by atoms with Gasteiger partial charge in [0.05, 0.1) is 40.1 Å². The maximum Gasteiger partial charge on any atom is 0.416 e. The molecule has 10 nitrogen and oxygen atoms in total.